The van der Waals surface area contributed by atoms with Crippen LogP contribution in [-0.4, -0.2) is 58.6 Å². The number of rotatable bonds is 10. The SMILES string of the molecule is CCN(CC)CCc1nccn1CCN(CC)CC.Cl. The van der Waals surface area contributed by atoms with E-state index in [1.54, 1.807) is 0 Å². The Morgan fingerprint density at radius 2 is 1.50 bits per heavy atom. The van der Waals surface area contributed by atoms with Crippen molar-refractivity contribution in [3.8, 4) is 0 Å². The highest BCUT2D eigenvalue weighted by molar-refractivity contribution is 5.85. The average Bonchev–Trinajstić information content (AvgIpc) is 2.89. The van der Waals surface area contributed by atoms with Crippen LogP contribution in [0.1, 0.15) is 33.5 Å². The Labute approximate surface area is 130 Å². The van der Waals surface area contributed by atoms with Gasteiger partial charge in [-0.2, -0.15) is 0 Å². The van der Waals surface area contributed by atoms with Gasteiger partial charge in [-0.15, -0.1) is 12.4 Å². The molecular formula is C15H31ClN4. The van der Waals surface area contributed by atoms with Crippen LogP contribution in [0.3, 0.4) is 0 Å². The van der Waals surface area contributed by atoms with Crippen LogP contribution >= 0.6 is 12.4 Å². The van der Waals surface area contributed by atoms with Gasteiger partial charge in [0.15, 0.2) is 0 Å². The molecule has 0 atom stereocenters. The summed E-state index contributed by atoms with van der Waals surface area (Å²) >= 11 is 0. The lowest BCUT2D eigenvalue weighted by Gasteiger charge is -2.20. The molecule has 1 aromatic heterocycles. The molecule has 1 rings (SSSR count). The molecule has 0 spiro atoms. The third-order valence-corrected chi connectivity index (χ3v) is 3.90. The monoisotopic (exact) mass is 302 g/mol. The predicted octanol–water partition coefficient (Wildman–Crippen LogP) is 2.53. The van der Waals surface area contributed by atoms with Crippen LogP contribution in [0, 0.1) is 0 Å². The normalized spacial score (nSPS) is 11.1. The lowest BCUT2D eigenvalue weighted by Crippen LogP contribution is -2.28. The molecule has 1 aromatic rings. The highest BCUT2D eigenvalue weighted by atomic mass is 35.5. The third kappa shape index (κ3) is 6.25. The Kier molecular flexibility index (Phi) is 10.8. The number of aromatic nitrogens is 2. The van der Waals surface area contributed by atoms with E-state index in [4.69, 9.17) is 0 Å². The van der Waals surface area contributed by atoms with Gasteiger partial charge in [-0.3, -0.25) is 0 Å². The molecule has 4 nitrogen and oxygen atoms in total. The van der Waals surface area contributed by atoms with E-state index in [-0.39, 0.29) is 12.4 Å². The van der Waals surface area contributed by atoms with Crippen LogP contribution in [0.2, 0.25) is 0 Å². The first kappa shape index (κ1) is 19.4. The smallest absolute Gasteiger partial charge is 0.109 e. The Morgan fingerprint density at radius 1 is 0.950 bits per heavy atom. The number of hydrogen-bond donors (Lipinski definition) is 0. The zero-order chi connectivity index (χ0) is 14.1. The summed E-state index contributed by atoms with van der Waals surface area (Å²) in [5.41, 5.74) is 0. The highest BCUT2D eigenvalue weighted by Crippen LogP contribution is 2.02. The summed E-state index contributed by atoms with van der Waals surface area (Å²) in [5, 5.41) is 0. The van der Waals surface area contributed by atoms with Crippen LogP contribution in [-0.2, 0) is 13.0 Å². The summed E-state index contributed by atoms with van der Waals surface area (Å²) in [6.45, 7) is 16.6. The molecule has 118 valence electrons. The molecule has 20 heavy (non-hydrogen) atoms. The van der Waals surface area contributed by atoms with Crippen molar-refractivity contribution in [2.24, 2.45) is 0 Å². The van der Waals surface area contributed by atoms with E-state index < -0.39 is 0 Å². The van der Waals surface area contributed by atoms with Gasteiger partial charge in [0.2, 0.25) is 0 Å². The zero-order valence-corrected chi connectivity index (χ0v) is 14.3. The van der Waals surface area contributed by atoms with Gasteiger partial charge in [-0.25, -0.2) is 4.98 Å². The molecule has 5 heteroatoms. The topological polar surface area (TPSA) is 24.3 Å². The molecular weight excluding hydrogens is 272 g/mol. The summed E-state index contributed by atoms with van der Waals surface area (Å²) in [6, 6.07) is 0. The second-order valence-electron chi connectivity index (χ2n) is 4.84. The maximum atomic E-state index is 4.50. The van der Waals surface area contributed by atoms with Crippen LogP contribution in [0.25, 0.3) is 0 Å². The standard InChI is InChI=1S/C15H30N4.ClH/c1-5-17(6-2)11-9-15-16-10-12-19(15)14-13-18(7-3)8-4;/h10,12H,5-9,11,13-14H2,1-4H3;1H. The van der Waals surface area contributed by atoms with E-state index in [9.17, 15) is 0 Å². The van der Waals surface area contributed by atoms with Crippen molar-refractivity contribution in [2.75, 3.05) is 39.3 Å². The number of nitrogens with zero attached hydrogens (tertiary/aromatic N) is 4. The van der Waals surface area contributed by atoms with E-state index in [0.717, 1.165) is 52.2 Å². The molecule has 0 radical (unpaired) electrons. The molecule has 0 aromatic carbocycles. The minimum Gasteiger partial charge on any atom is -0.334 e. The van der Waals surface area contributed by atoms with E-state index in [1.165, 1.54) is 5.82 Å². The fourth-order valence-corrected chi connectivity index (χ4v) is 2.36. The maximum absolute atomic E-state index is 4.50. The number of likely N-dealkylation sites (N-methyl/N-ethyl adjacent to an activating group) is 2. The molecule has 0 amide bonds. The van der Waals surface area contributed by atoms with Gasteiger partial charge in [0.1, 0.15) is 5.82 Å². The van der Waals surface area contributed by atoms with Gasteiger partial charge in [-0.1, -0.05) is 27.7 Å². The first-order valence-corrected chi connectivity index (χ1v) is 7.69. The van der Waals surface area contributed by atoms with Crippen molar-refractivity contribution in [2.45, 2.75) is 40.7 Å². The van der Waals surface area contributed by atoms with Crippen LogP contribution in [0.15, 0.2) is 12.4 Å². The zero-order valence-electron chi connectivity index (χ0n) is 13.5. The molecule has 0 aliphatic carbocycles. The lowest BCUT2D eigenvalue weighted by atomic mass is 10.3. The van der Waals surface area contributed by atoms with Crippen molar-refractivity contribution < 1.29 is 0 Å². The van der Waals surface area contributed by atoms with Crippen LogP contribution < -0.4 is 0 Å². The van der Waals surface area contributed by atoms with Crippen LogP contribution in [0.5, 0.6) is 0 Å². The van der Waals surface area contributed by atoms with Gasteiger partial charge >= 0.3 is 0 Å². The van der Waals surface area contributed by atoms with Crippen molar-refractivity contribution in [3.63, 3.8) is 0 Å². The van der Waals surface area contributed by atoms with Crippen molar-refractivity contribution in [1.82, 2.24) is 19.4 Å². The molecule has 1 heterocycles. The molecule has 0 aliphatic rings. The van der Waals surface area contributed by atoms with E-state index in [0.29, 0.717) is 0 Å². The Morgan fingerprint density at radius 3 is 2.05 bits per heavy atom. The minimum absolute atomic E-state index is 0. The quantitative estimate of drug-likeness (QED) is 0.664. The highest BCUT2D eigenvalue weighted by Gasteiger charge is 2.06. The molecule has 0 saturated heterocycles. The van der Waals surface area contributed by atoms with Gasteiger partial charge < -0.3 is 14.4 Å². The number of hydrogen-bond acceptors (Lipinski definition) is 3. The van der Waals surface area contributed by atoms with Crippen molar-refractivity contribution in [3.05, 3.63) is 18.2 Å². The Bertz CT molecular complexity index is 302. The van der Waals surface area contributed by atoms with Gasteiger partial charge in [0.05, 0.1) is 0 Å². The summed E-state index contributed by atoms with van der Waals surface area (Å²) in [5.74, 6) is 1.22. The summed E-state index contributed by atoms with van der Waals surface area (Å²) in [4.78, 5) is 9.40. The average molecular weight is 303 g/mol. The third-order valence-electron chi connectivity index (χ3n) is 3.90. The van der Waals surface area contributed by atoms with Gasteiger partial charge in [-0.05, 0) is 26.2 Å². The van der Waals surface area contributed by atoms with Gasteiger partial charge in [0, 0.05) is 38.4 Å². The number of imidazole rings is 1. The van der Waals surface area contributed by atoms with Crippen molar-refractivity contribution >= 4 is 12.4 Å². The summed E-state index contributed by atoms with van der Waals surface area (Å²) < 4.78 is 2.31. The largest absolute Gasteiger partial charge is 0.334 e. The fraction of sp³-hybridized carbons (Fsp3) is 0.800. The Balaban J connectivity index is 0.00000361. The second-order valence-corrected chi connectivity index (χ2v) is 4.84. The molecule has 0 fully saturated rings. The van der Waals surface area contributed by atoms with E-state index in [1.807, 2.05) is 6.20 Å². The summed E-state index contributed by atoms with van der Waals surface area (Å²) in [7, 11) is 0. The predicted molar refractivity (Wildman–Crippen MR) is 88.8 cm³/mol. The molecule has 0 N–H and O–H groups in total. The molecule has 0 aliphatic heterocycles. The molecule has 0 saturated carbocycles. The van der Waals surface area contributed by atoms with Crippen LogP contribution in [0.4, 0.5) is 0 Å². The first-order valence-electron chi connectivity index (χ1n) is 7.69. The van der Waals surface area contributed by atoms with E-state index in [2.05, 4.69) is 53.2 Å². The second kappa shape index (κ2) is 11.1. The minimum atomic E-state index is 0. The molecule has 0 unspecified atom stereocenters. The van der Waals surface area contributed by atoms with Gasteiger partial charge in [0.25, 0.3) is 0 Å². The maximum Gasteiger partial charge on any atom is 0.109 e. The fourth-order valence-electron chi connectivity index (χ4n) is 2.36. The first-order chi connectivity index (χ1) is 9.24. The lowest BCUT2D eigenvalue weighted by molar-refractivity contribution is 0.284. The Hall–Kier alpha value is -0.580. The summed E-state index contributed by atoms with van der Waals surface area (Å²) in [6.07, 6.45) is 5.09. The molecule has 0 bridgehead atoms. The van der Waals surface area contributed by atoms with Crippen molar-refractivity contribution in [1.29, 1.82) is 0 Å². The number of halogens is 1. The van der Waals surface area contributed by atoms with E-state index >= 15 is 0 Å².